The number of rotatable bonds is 5. The van der Waals surface area contributed by atoms with E-state index in [9.17, 15) is 9.59 Å². The van der Waals surface area contributed by atoms with Crippen molar-refractivity contribution in [3.05, 3.63) is 49.8 Å². The van der Waals surface area contributed by atoms with Crippen LogP contribution < -0.4 is 21.5 Å². The normalized spacial score (nSPS) is 10.6. The first-order chi connectivity index (χ1) is 9.93. The predicted molar refractivity (Wildman–Crippen MR) is 83.9 cm³/mol. The summed E-state index contributed by atoms with van der Waals surface area (Å²) in [5.74, 6) is 0.374. The molecule has 0 aliphatic heterocycles. The molecule has 0 atom stereocenters. The van der Waals surface area contributed by atoms with Gasteiger partial charge in [-0.2, -0.15) is 5.26 Å². The minimum absolute atomic E-state index is 0.296. The highest BCUT2D eigenvalue weighted by Crippen LogP contribution is 2.22. The number of hydrogen-bond donors (Lipinski definition) is 2. The average molecular weight is 283 g/mol. The summed E-state index contributed by atoms with van der Waals surface area (Å²) in [4.78, 5) is 23.3. The van der Waals surface area contributed by atoms with E-state index in [-0.39, 0.29) is 0 Å². The summed E-state index contributed by atoms with van der Waals surface area (Å²) in [6, 6.07) is 7.27. The molecule has 0 fully saturated rings. The number of anilines is 3. The molecule has 0 saturated carbocycles. The Balaban J connectivity index is 2.23. The van der Waals surface area contributed by atoms with Gasteiger partial charge in [-0.15, -0.1) is 0 Å². The van der Waals surface area contributed by atoms with E-state index in [1.165, 1.54) is 0 Å². The van der Waals surface area contributed by atoms with Crippen molar-refractivity contribution in [3.8, 4) is 6.07 Å². The zero-order valence-corrected chi connectivity index (χ0v) is 12.3. The minimum Gasteiger partial charge on any atom is -0.380 e. The first kappa shape index (κ1) is 14.8. The molecule has 0 bridgehead atoms. The van der Waals surface area contributed by atoms with E-state index in [0.29, 0.717) is 35.1 Å². The molecule has 5 heteroatoms. The lowest BCUT2D eigenvalue weighted by Gasteiger charge is -2.16. The second-order valence-electron chi connectivity index (χ2n) is 5.45. The topological polar surface area (TPSA) is 82.0 Å². The molecule has 5 nitrogen and oxygen atoms in total. The van der Waals surface area contributed by atoms with Gasteiger partial charge in [-0.3, -0.25) is 9.59 Å². The number of aryl methyl sites for hydroxylation is 1. The van der Waals surface area contributed by atoms with Crippen molar-refractivity contribution in [1.82, 2.24) is 0 Å². The maximum atomic E-state index is 11.7. The molecule has 108 valence electrons. The highest BCUT2D eigenvalue weighted by Gasteiger charge is 2.21. The third kappa shape index (κ3) is 2.95. The van der Waals surface area contributed by atoms with Crippen LogP contribution in [0.4, 0.5) is 17.1 Å². The maximum Gasteiger partial charge on any atom is 0.253 e. The number of benzene rings is 1. The summed E-state index contributed by atoms with van der Waals surface area (Å²) in [6.45, 7) is 6.50. The third-order valence-corrected chi connectivity index (χ3v) is 3.21. The Kier molecular flexibility index (Phi) is 4.08. The molecule has 0 heterocycles. The van der Waals surface area contributed by atoms with E-state index < -0.39 is 10.9 Å². The number of nitrogens with zero attached hydrogens (tertiary/aromatic N) is 1. The molecule has 0 saturated heterocycles. The highest BCUT2D eigenvalue weighted by molar-refractivity contribution is 5.79. The van der Waals surface area contributed by atoms with Crippen LogP contribution >= 0.6 is 0 Å². The Bertz CT molecular complexity index is 778. The van der Waals surface area contributed by atoms with Crippen LogP contribution in [0.3, 0.4) is 0 Å². The smallest absolute Gasteiger partial charge is 0.253 e. The molecule has 0 aromatic heterocycles. The van der Waals surface area contributed by atoms with E-state index in [1.54, 1.807) is 18.2 Å². The molecule has 0 spiro atoms. The Morgan fingerprint density at radius 1 is 1.19 bits per heavy atom. The van der Waals surface area contributed by atoms with E-state index in [1.807, 2.05) is 20.8 Å². The maximum absolute atomic E-state index is 11.7. The SMILES string of the molecule is Cc1cc(Nc2c(NCC(C)C)c(=O)c2=O)ccc1C#N. The third-order valence-electron chi connectivity index (χ3n) is 3.21. The van der Waals surface area contributed by atoms with Crippen LogP contribution in [-0.2, 0) is 0 Å². The summed E-state index contributed by atoms with van der Waals surface area (Å²) in [5, 5.41) is 14.9. The molecule has 0 unspecified atom stereocenters. The largest absolute Gasteiger partial charge is 0.380 e. The Morgan fingerprint density at radius 2 is 1.86 bits per heavy atom. The second kappa shape index (κ2) is 5.80. The van der Waals surface area contributed by atoms with Crippen LogP contribution in [0, 0.1) is 24.2 Å². The fraction of sp³-hybridized carbons (Fsp3) is 0.312. The standard InChI is InChI=1S/C16H17N3O2/c1-9(2)8-18-13-14(16(21)15(13)20)19-12-5-4-11(7-17)10(3)6-12/h4-6,9,18-19H,8H2,1-3H3. The van der Waals surface area contributed by atoms with Crippen molar-refractivity contribution < 1.29 is 0 Å². The van der Waals surface area contributed by atoms with Crippen LogP contribution in [0.2, 0.25) is 0 Å². The zero-order chi connectivity index (χ0) is 15.6. The van der Waals surface area contributed by atoms with Crippen molar-refractivity contribution in [1.29, 1.82) is 5.26 Å². The Labute approximate surface area is 122 Å². The van der Waals surface area contributed by atoms with Gasteiger partial charge in [-0.05, 0) is 36.6 Å². The average Bonchev–Trinajstić information content (AvgIpc) is 2.45. The van der Waals surface area contributed by atoms with E-state index in [2.05, 4.69) is 16.7 Å². The first-order valence-electron chi connectivity index (χ1n) is 6.79. The van der Waals surface area contributed by atoms with Crippen molar-refractivity contribution in [2.24, 2.45) is 5.92 Å². The molecule has 0 radical (unpaired) electrons. The van der Waals surface area contributed by atoms with Gasteiger partial charge in [-0.25, -0.2) is 0 Å². The summed E-state index contributed by atoms with van der Waals surface area (Å²) in [5.41, 5.74) is 1.74. The molecular formula is C16H17N3O2. The van der Waals surface area contributed by atoms with Crippen LogP contribution in [0.1, 0.15) is 25.0 Å². The predicted octanol–water partition coefficient (Wildman–Crippen LogP) is 2.27. The van der Waals surface area contributed by atoms with Crippen molar-refractivity contribution in [2.75, 3.05) is 17.2 Å². The molecule has 2 rings (SSSR count). The molecule has 2 aromatic rings. The summed E-state index contributed by atoms with van der Waals surface area (Å²) in [7, 11) is 0. The lowest BCUT2D eigenvalue weighted by molar-refractivity contribution is 0.688. The number of nitrogens with one attached hydrogen (secondary N) is 2. The van der Waals surface area contributed by atoms with Crippen LogP contribution in [0.25, 0.3) is 0 Å². The number of nitriles is 1. The van der Waals surface area contributed by atoms with Gasteiger partial charge in [0.1, 0.15) is 11.4 Å². The van der Waals surface area contributed by atoms with Gasteiger partial charge >= 0.3 is 0 Å². The molecule has 2 N–H and O–H groups in total. The molecule has 0 amide bonds. The Morgan fingerprint density at radius 3 is 2.43 bits per heavy atom. The fourth-order valence-electron chi connectivity index (χ4n) is 2.00. The van der Waals surface area contributed by atoms with Gasteiger partial charge < -0.3 is 10.6 Å². The minimum atomic E-state index is -0.511. The lowest BCUT2D eigenvalue weighted by Crippen LogP contribution is -2.37. The highest BCUT2D eigenvalue weighted by atomic mass is 16.2. The van der Waals surface area contributed by atoms with Gasteiger partial charge in [0.15, 0.2) is 0 Å². The van der Waals surface area contributed by atoms with E-state index >= 15 is 0 Å². The van der Waals surface area contributed by atoms with Crippen molar-refractivity contribution >= 4 is 17.1 Å². The quantitative estimate of drug-likeness (QED) is 0.823. The molecule has 0 aliphatic rings. The second-order valence-corrected chi connectivity index (χ2v) is 5.45. The molecule has 21 heavy (non-hydrogen) atoms. The summed E-state index contributed by atoms with van der Waals surface area (Å²) < 4.78 is 0. The van der Waals surface area contributed by atoms with Gasteiger partial charge in [0.05, 0.1) is 11.6 Å². The fourth-order valence-corrected chi connectivity index (χ4v) is 2.00. The molecular weight excluding hydrogens is 266 g/mol. The monoisotopic (exact) mass is 283 g/mol. The van der Waals surface area contributed by atoms with Crippen molar-refractivity contribution in [2.45, 2.75) is 20.8 Å². The van der Waals surface area contributed by atoms with E-state index in [4.69, 9.17) is 5.26 Å². The lowest BCUT2D eigenvalue weighted by atomic mass is 10.1. The van der Waals surface area contributed by atoms with Crippen LogP contribution in [0.5, 0.6) is 0 Å². The van der Waals surface area contributed by atoms with Crippen LogP contribution in [0.15, 0.2) is 27.8 Å². The van der Waals surface area contributed by atoms with E-state index in [0.717, 1.165) is 5.56 Å². The van der Waals surface area contributed by atoms with Gasteiger partial charge in [0, 0.05) is 12.2 Å². The van der Waals surface area contributed by atoms with Crippen LogP contribution in [-0.4, -0.2) is 6.54 Å². The molecule has 0 aliphatic carbocycles. The van der Waals surface area contributed by atoms with Crippen molar-refractivity contribution in [3.63, 3.8) is 0 Å². The van der Waals surface area contributed by atoms with Gasteiger partial charge in [0.2, 0.25) is 0 Å². The first-order valence-corrected chi connectivity index (χ1v) is 6.79. The van der Waals surface area contributed by atoms with Gasteiger partial charge in [0.25, 0.3) is 10.9 Å². The Hall–Kier alpha value is -2.61. The zero-order valence-electron chi connectivity index (χ0n) is 12.3. The van der Waals surface area contributed by atoms with Gasteiger partial charge in [-0.1, -0.05) is 13.8 Å². The summed E-state index contributed by atoms with van der Waals surface area (Å²) in [6.07, 6.45) is 0. The number of hydrogen-bond acceptors (Lipinski definition) is 5. The summed E-state index contributed by atoms with van der Waals surface area (Å²) >= 11 is 0. The molecule has 2 aromatic carbocycles.